The van der Waals surface area contributed by atoms with Gasteiger partial charge in [-0.3, -0.25) is 4.79 Å². The minimum Gasteiger partial charge on any atom is -0.376 e. The molecule has 3 aromatic carbocycles. The van der Waals surface area contributed by atoms with Gasteiger partial charge >= 0.3 is 0 Å². The van der Waals surface area contributed by atoms with Crippen molar-refractivity contribution in [1.82, 2.24) is 14.8 Å². The van der Waals surface area contributed by atoms with Crippen LogP contribution in [0.2, 0.25) is 0 Å². The molecule has 6 heteroatoms. The van der Waals surface area contributed by atoms with Crippen molar-refractivity contribution in [2.24, 2.45) is 0 Å². The minimum absolute atomic E-state index is 0.0956. The Morgan fingerprint density at radius 3 is 2.58 bits per heavy atom. The average Bonchev–Trinajstić information content (AvgIpc) is 3.22. The largest absolute Gasteiger partial charge is 0.376 e. The molecule has 0 atom stereocenters. The van der Waals surface area contributed by atoms with Crippen LogP contribution < -0.4 is 10.6 Å². The summed E-state index contributed by atoms with van der Waals surface area (Å²) in [6.45, 7) is 0.186. The predicted octanol–water partition coefficient (Wildman–Crippen LogP) is 3.47. The highest BCUT2D eigenvalue weighted by atomic mass is 16.1. The molecule has 1 aromatic heterocycles. The van der Waals surface area contributed by atoms with Crippen molar-refractivity contribution in [3.63, 3.8) is 0 Å². The Hall–Kier alpha value is -3.67. The van der Waals surface area contributed by atoms with Crippen LogP contribution in [0, 0.1) is 0 Å². The zero-order chi connectivity index (χ0) is 17.8. The summed E-state index contributed by atoms with van der Waals surface area (Å²) in [4.78, 5) is 16.2. The molecular formula is C20H17N5O. The van der Waals surface area contributed by atoms with Gasteiger partial charge in [0, 0.05) is 16.8 Å². The normalized spacial score (nSPS) is 10.6. The second-order valence-electron chi connectivity index (χ2n) is 5.82. The third-order valence-corrected chi connectivity index (χ3v) is 4.07. The van der Waals surface area contributed by atoms with Crippen molar-refractivity contribution >= 4 is 28.1 Å². The van der Waals surface area contributed by atoms with Gasteiger partial charge in [0.25, 0.3) is 0 Å². The van der Waals surface area contributed by atoms with Crippen molar-refractivity contribution in [3.05, 3.63) is 79.4 Å². The molecule has 4 aromatic rings. The molecule has 0 spiro atoms. The van der Waals surface area contributed by atoms with E-state index in [0.29, 0.717) is 0 Å². The van der Waals surface area contributed by atoms with Crippen LogP contribution in [-0.2, 0) is 4.79 Å². The minimum atomic E-state index is -0.0956. The first kappa shape index (κ1) is 15.8. The van der Waals surface area contributed by atoms with Crippen LogP contribution in [0.3, 0.4) is 0 Å². The fraction of sp³-hybridized carbons (Fsp3) is 0.0500. The highest BCUT2D eigenvalue weighted by Crippen LogP contribution is 2.22. The summed E-state index contributed by atoms with van der Waals surface area (Å²) in [6.07, 6.45) is 3.13. The van der Waals surface area contributed by atoms with E-state index in [1.807, 2.05) is 66.7 Å². The molecule has 26 heavy (non-hydrogen) atoms. The Kier molecular flexibility index (Phi) is 4.30. The third-order valence-electron chi connectivity index (χ3n) is 4.07. The van der Waals surface area contributed by atoms with Crippen LogP contribution in [0.1, 0.15) is 0 Å². The van der Waals surface area contributed by atoms with E-state index >= 15 is 0 Å². The Morgan fingerprint density at radius 1 is 0.962 bits per heavy atom. The SMILES string of the molecule is O=C(CNc1ccc(-n2cncn2)cc1)Nc1cccc2ccccc12. The molecule has 4 rings (SSSR count). The number of amides is 1. The van der Waals surface area contributed by atoms with E-state index in [9.17, 15) is 4.79 Å². The molecule has 0 saturated heterocycles. The first-order valence-electron chi connectivity index (χ1n) is 8.26. The second kappa shape index (κ2) is 7.06. The van der Waals surface area contributed by atoms with Crippen LogP contribution in [-0.4, -0.2) is 27.2 Å². The van der Waals surface area contributed by atoms with Gasteiger partial charge in [0.2, 0.25) is 5.91 Å². The van der Waals surface area contributed by atoms with Gasteiger partial charge in [-0.1, -0.05) is 36.4 Å². The van der Waals surface area contributed by atoms with Crippen LogP contribution in [0.5, 0.6) is 0 Å². The van der Waals surface area contributed by atoms with Gasteiger partial charge in [0.05, 0.1) is 12.2 Å². The van der Waals surface area contributed by atoms with Gasteiger partial charge in [-0.05, 0) is 35.7 Å². The summed E-state index contributed by atoms with van der Waals surface area (Å²) in [5.74, 6) is -0.0956. The van der Waals surface area contributed by atoms with E-state index in [2.05, 4.69) is 20.7 Å². The van der Waals surface area contributed by atoms with E-state index in [1.165, 1.54) is 6.33 Å². The topological polar surface area (TPSA) is 71.8 Å². The van der Waals surface area contributed by atoms with Gasteiger partial charge in [0.15, 0.2) is 0 Å². The number of anilines is 2. The maximum Gasteiger partial charge on any atom is 0.243 e. The Balaban J connectivity index is 1.39. The molecule has 0 aliphatic heterocycles. The molecule has 0 bridgehead atoms. The van der Waals surface area contributed by atoms with Crippen LogP contribution in [0.25, 0.3) is 16.5 Å². The summed E-state index contributed by atoms with van der Waals surface area (Å²) in [5.41, 5.74) is 2.59. The fourth-order valence-corrected chi connectivity index (χ4v) is 2.78. The maximum absolute atomic E-state index is 12.3. The molecule has 6 nitrogen and oxygen atoms in total. The smallest absolute Gasteiger partial charge is 0.243 e. The van der Waals surface area contributed by atoms with Crippen molar-refractivity contribution in [3.8, 4) is 5.69 Å². The quantitative estimate of drug-likeness (QED) is 0.582. The molecule has 0 aliphatic carbocycles. The van der Waals surface area contributed by atoms with E-state index in [0.717, 1.165) is 27.8 Å². The Labute approximate surface area is 150 Å². The number of hydrogen-bond acceptors (Lipinski definition) is 4. The highest BCUT2D eigenvalue weighted by molar-refractivity contribution is 6.03. The summed E-state index contributed by atoms with van der Waals surface area (Å²) < 4.78 is 1.68. The number of aromatic nitrogens is 3. The molecule has 0 fully saturated rings. The summed E-state index contributed by atoms with van der Waals surface area (Å²) >= 11 is 0. The standard InChI is InChI=1S/C20H17N5O/c26-20(24-19-7-3-5-15-4-1-2-6-18(15)19)12-22-16-8-10-17(11-9-16)25-14-21-13-23-25/h1-11,13-14,22H,12H2,(H,24,26). The number of nitrogens with one attached hydrogen (secondary N) is 2. The monoisotopic (exact) mass is 343 g/mol. The van der Waals surface area contributed by atoms with Gasteiger partial charge in [-0.25, -0.2) is 9.67 Å². The van der Waals surface area contributed by atoms with Crippen LogP contribution in [0.4, 0.5) is 11.4 Å². The molecule has 0 unspecified atom stereocenters. The maximum atomic E-state index is 12.3. The summed E-state index contributed by atoms with van der Waals surface area (Å²) in [5, 5.41) is 12.3. The molecular weight excluding hydrogens is 326 g/mol. The zero-order valence-corrected chi connectivity index (χ0v) is 14.0. The lowest BCUT2D eigenvalue weighted by Crippen LogP contribution is -2.21. The molecule has 1 amide bonds. The number of carbonyl (C=O) groups is 1. The summed E-state index contributed by atoms with van der Waals surface area (Å²) in [6, 6.07) is 21.5. The summed E-state index contributed by atoms with van der Waals surface area (Å²) in [7, 11) is 0. The number of benzene rings is 3. The number of carbonyl (C=O) groups excluding carboxylic acids is 1. The highest BCUT2D eigenvalue weighted by Gasteiger charge is 2.06. The lowest BCUT2D eigenvalue weighted by molar-refractivity contribution is -0.114. The van der Waals surface area contributed by atoms with E-state index in [-0.39, 0.29) is 12.5 Å². The van der Waals surface area contributed by atoms with Gasteiger partial charge in [-0.15, -0.1) is 0 Å². The van der Waals surface area contributed by atoms with Gasteiger partial charge in [-0.2, -0.15) is 5.10 Å². The average molecular weight is 343 g/mol. The van der Waals surface area contributed by atoms with Gasteiger partial charge < -0.3 is 10.6 Å². The van der Waals surface area contributed by atoms with Crippen molar-refractivity contribution < 1.29 is 4.79 Å². The Morgan fingerprint density at radius 2 is 1.77 bits per heavy atom. The lowest BCUT2D eigenvalue weighted by Gasteiger charge is -2.10. The zero-order valence-electron chi connectivity index (χ0n) is 14.0. The Bertz CT molecular complexity index is 1020. The molecule has 0 radical (unpaired) electrons. The van der Waals surface area contributed by atoms with Crippen LogP contribution in [0.15, 0.2) is 79.4 Å². The molecule has 0 saturated carbocycles. The predicted molar refractivity (Wildman–Crippen MR) is 102 cm³/mol. The second-order valence-corrected chi connectivity index (χ2v) is 5.82. The van der Waals surface area contributed by atoms with Gasteiger partial charge in [0.1, 0.15) is 12.7 Å². The van der Waals surface area contributed by atoms with Crippen molar-refractivity contribution in [2.45, 2.75) is 0 Å². The van der Waals surface area contributed by atoms with Crippen molar-refractivity contribution in [1.29, 1.82) is 0 Å². The first-order valence-corrected chi connectivity index (χ1v) is 8.26. The number of rotatable bonds is 5. The first-order chi connectivity index (χ1) is 12.8. The fourth-order valence-electron chi connectivity index (χ4n) is 2.78. The van der Waals surface area contributed by atoms with Crippen molar-refractivity contribution in [2.75, 3.05) is 17.2 Å². The molecule has 128 valence electrons. The molecule has 1 heterocycles. The van der Waals surface area contributed by atoms with Crippen LogP contribution >= 0.6 is 0 Å². The number of fused-ring (bicyclic) bond motifs is 1. The van der Waals surface area contributed by atoms with E-state index in [4.69, 9.17) is 0 Å². The third kappa shape index (κ3) is 3.39. The van der Waals surface area contributed by atoms with E-state index < -0.39 is 0 Å². The number of nitrogens with zero attached hydrogens (tertiary/aromatic N) is 3. The number of hydrogen-bond donors (Lipinski definition) is 2. The molecule has 2 N–H and O–H groups in total. The molecule has 0 aliphatic rings. The van der Waals surface area contributed by atoms with E-state index in [1.54, 1.807) is 11.0 Å². The lowest BCUT2D eigenvalue weighted by atomic mass is 10.1.